The van der Waals surface area contributed by atoms with Gasteiger partial charge >= 0.3 is 6.18 Å². The summed E-state index contributed by atoms with van der Waals surface area (Å²) < 4.78 is 38.1. The molecule has 1 N–H and O–H groups in total. The minimum Gasteiger partial charge on any atom is -0.379 e. The van der Waals surface area contributed by atoms with Gasteiger partial charge in [-0.05, 0) is 57.6 Å². The van der Waals surface area contributed by atoms with Crippen molar-refractivity contribution in [1.82, 2.24) is 0 Å². The molecule has 20 heavy (non-hydrogen) atoms. The fraction of sp³-hybridized carbons (Fsp3) is 0.286. The monoisotopic (exact) mass is 363 g/mol. The predicted molar refractivity (Wildman–Crippen MR) is 80.2 cm³/mol. The van der Waals surface area contributed by atoms with Crippen LogP contribution in [-0.4, -0.2) is 0 Å². The number of halogens is 4. The quantitative estimate of drug-likeness (QED) is 0.733. The van der Waals surface area contributed by atoms with Gasteiger partial charge in [-0.3, -0.25) is 0 Å². The van der Waals surface area contributed by atoms with Crippen LogP contribution >= 0.6 is 27.3 Å². The Balaban J connectivity index is 2.11. The third kappa shape index (κ3) is 3.55. The molecule has 0 aliphatic rings. The van der Waals surface area contributed by atoms with Gasteiger partial charge in [-0.25, -0.2) is 0 Å². The molecule has 0 bridgehead atoms. The summed E-state index contributed by atoms with van der Waals surface area (Å²) in [4.78, 5) is 1.21. The minimum atomic E-state index is -4.32. The summed E-state index contributed by atoms with van der Waals surface area (Å²) >= 11 is 4.83. The zero-order chi connectivity index (χ0) is 14.8. The summed E-state index contributed by atoms with van der Waals surface area (Å²) in [6.07, 6.45) is -3.36. The molecule has 108 valence electrons. The highest BCUT2D eigenvalue weighted by molar-refractivity contribution is 9.10. The molecule has 2 rings (SSSR count). The number of hydrogen-bond donors (Lipinski definition) is 1. The summed E-state index contributed by atoms with van der Waals surface area (Å²) in [5.41, 5.74) is 1.28. The second-order valence-electron chi connectivity index (χ2n) is 4.27. The fourth-order valence-electron chi connectivity index (χ4n) is 1.85. The van der Waals surface area contributed by atoms with Crippen LogP contribution in [0.4, 0.5) is 18.9 Å². The van der Waals surface area contributed by atoms with Gasteiger partial charge in [0.05, 0.1) is 5.56 Å². The van der Waals surface area contributed by atoms with E-state index >= 15 is 0 Å². The molecule has 6 heteroatoms. The van der Waals surface area contributed by atoms with E-state index in [1.54, 1.807) is 11.3 Å². The van der Waals surface area contributed by atoms with Gasteiger partial charge in [-0.15, -0.1) is 11.3 Å². The Kier molecular flexibility index (Phi) is 4.75. The molecule has 0 aliphatic carbocycles. The van der Waals surface area contributed by atoms with Crippen LogP contribution < -0.4 is 5.32 Å². The van der Waals surface area contributed by atoms with E-state index in [-0.39, 0.29) is 0 Å². The highest BCUT2D eigenvalue weighted by Crippen LogP contribution is 2.34. The van der Waals surface area contributed by atoms with E-state index in [0.29, 0.717) is 16.7 Å². The average Bonchev–Trinajstić information content (AvgIpc) is 2.83. The summed E-state index contributed by atoms with van der Waals surface area (Å²) in [6, 6.07) is 5.70. The summed E-state index contributed by atoms with van der Waals surface area (Å²) in [5.74, 6) is 0. The Bertz CT molecular complexity index is 592. The number of hydrogen-bond acceptors (Lipinski definition) is 2. The van der Waals surface area contributed by atoms with Crippen molar-refractivity contribution in [3.8, 4) is 0 Å². The lowest BCUT2D eigenvalue weighted by Gasteiger charge is -2.12. The topological polar surface area (TPSA) is 12.0 Å². The second-order valence-corrected chi connectivity index (χ2v) is 6.12. The Hall–Kier alpha value is -1.01. The van der Waals surface area contributed by atoms with E-state index in [0.717, 1.165) is 18.6 Å². The minimum absolute atomic E-state index is 0.418. The van der Waals surface area contributed by atoms with Crippen LogP contribution in [0.1, 0.15) is 22.9 Å². The lowest BCUT2D eigenvalue weighted by Crippen LogP contribution is -2.06. The van der Waals surface area contributed by atoms with Crippen molar-refractivity contribution in [3.05, 3.63) is 50.1 Å². The molecule has 0 fully saturated rings. The summed E-state index contributed by atoms with van der Waals surface area (Å²) in [7, 11) is 0. The Morgan fingerprint density at radius 2 is 2.00 bits per heavy atom. The van der Waals surface area contributed by atoms with Crippen LogP contribution in [0.3, 0.4) is 0 Å². The normalized spacial score (nSPS) is 11.7. The van der Waals surface area contributed by atoms with Gasteiger partial charge in [0.15, 0.2) is 0 Å². The Labute approximate surface area is 128 Å². The van der Waals surface area contributed by atoms with Crippen molar-refractivity contribution < 1.29 is 13.2 Å². The van der Waals surface area contributed by atoms with Crippen LogP contribution in [-0.2, 0) is 19.1 Å². The fourth-order valence-corrected chi connectivity index (χ4v) is 3.28. The molecule has 1 aromatic carbocycles. The van der Waals surface area contributed by atoms with Gasteiger partial charge in [0, 0.05) is 21.6 Å². The number of anilines is 1. The maximum atomic E-state index is 12.6. The zero-order valence-corrected chi connectivity index (χ0v) is 13.1. The number of aryl methyl sites for hydroxylation is 1. The molecule has 0 atom stereocenters. The maximum Gasteiger partial charge on any atom is 0.416 e. The lowest BCUT2D eigenvalue weighted by atomic mass is 10.2. The number of rotatable bonds is 4. The number of thiophene rings is 1. The lowest BCUT2D eigenvalue weighted by molar-refractivity contribution is -0.137. The number of benzene rings is 1. The largest absolute Gasteiger partial charge is 0.416 e. The van der Waals surface area contributed by atoms with E-state index in [1.165, 1.54) is 16.5 Å². The van der Waals surface area contributed by atoms with Gasteiger partial charge in [0.2, 0.25) is 0 Å². The first kappa shape index (κ1) is 15.4. The molecule has 1 heterocycles. The SMILES string of the molecule is CCc1ccsc1CNc1ccc(C(F)(F)F)cc1Br. The molecular weight excluding hydrogens is 351 g/mol. The van der Waals surface area contributed by atoms with Gasteiger partial charge in [0.1, 0.15) is 0 Å². The van der Waals surface area contributed by atoms with Gasteiger partial charge < -0.3 is 5.32 Å². The van der Waals surface area contributed by atoms with Crippen LogP contribution in [0.2, 0.25) is 0 Å². The molecule has 0 aliphatic heterocycles. The van der Waals surface area contributed by atoms with Gasteiger partial charge in [-0.1, -0.05) is 6.92 Å². The molecule has 0 amide bonds. The van der Waals surface area contributed by atoms with E-state index < -0.39 is 11.7 Å². The smallest absolute Gasteiger partial charge is 0.379 e. The van der Waals surface area contributed by atoms with Crippen LogP contribution in [0.5, 0.6) is 0 Å². The van der Waals surface area contributed by atoms with Crippen LogP contribution in [0, 0.1) is 0 Å². The highest BCUT2D eigenvalue weighted by atomic mass is 79.9. The van der Waals surface area contributed by atoms with E-state index in [2.05, 4.69) is 34.2 Å². The maximum absolute atomic E-state index is 12.6. The molecule has 0 saturated carbocycles. The summed E-state index contributed by atoms with van der Waals surface area (Å²) in [5, 5.41) is 5.19. The van der Waals surface area contributed by atoms with E-state index in [4.69, 9.17) is 0 Å². The summed E-state index contributed by atoms with van der Waals surface area (Å²) in [6.45, 7) is 2.70. The van der Waals surface area contributed by atoms with Crippen molar-refractivity contribution in [2.75, 3.05) is 5.32 Å². The van der Waals surface area contributed by atoms with E-state index in [9.17, 15) is 13.2 Å². The molecule has 2 aromatic rings. The average molecular weight is 364 g/mol. The second kappa shape index (κ2) is 6.18. The van der Waals surface area contributed by atoms with Crippen molar-refractivity contribution >= 4 is 33.0 Å². The third-order valence-corrected chi connectivity index (χ3v) is 4.57. The van der Waals surface area contributed by atoms with Gasteiger partial charge in [-0.2, -0.15) is 13.2 Å². The van der Waals surface area contributed by atoms with Crippen molar-refractivity contribution in [1.29, 1.82) is 0 Å². The van der Waals surface area contributed by atoms with Crippen LogP contribution in [0.15, 0.2) is 34.1 Å². The molecule has 0 spiro atoms. The molecular formula is C14H13BrF3NS. The first-order chi connectivity index (χ1) is 9.41. The predicted octanol–water partition coefficient (Wildman–Crippen LogP) is 5.70. The number of alkyl halides is 3. The standard InChI is InChI=1S/C14H13BrF3NS/c1-2-9-5-6-20-13(9)8-19-12-4-3-10(7-11(12)15)14(16,17)18/h3-7,19H,2,8H2,1H3. The third-order valence-electron chi connectivity index (χ3n) is 2.95. The van der Waals surface area contributed by atoms with E-state index in [1.807, 2.05) is 5.38 Å². The van der Waals surface area contributed by atoms with Crippen molar-refractivity contribution in [2.24, 2.45) is 0 Å². The Morgan fingerprint density at radius 3 is 2.60 bits per heavy atom. The van der Waals surface area contributed by atoms with Crippen molar-refractivity contribution in [2.45, 2.75) is 26.1 Å². The Morgan fingerprint density at radius 1 is 1.25 bits per heavy atom. The molecule has 0 saturated heterocycles. The van der Waals surface area contributed by atoms with Crippen molar-refractivity contribution in [3.63, 3.8) is 0 Å². The molecule has 1 nitrogen and oxygen atoms in total. The first-order valence-corrected chi connectivity index (χ1v) is 7.75. The first-order valence-electron chi connectivity index (χ1n) is 6.07. The van der Waals surface area contributed by atoms with Crippen LogP contribution in [0.25, 0.3) is 0 Å². The molecule has 1 aromatic heterocycles. The number of nitrogens with one attached hydrogen (secondary N) is 1. The molecule has 0 unspecified atom stereocenters. The van der Waals surface area contributed by atoms with Gasteiger partial charge in [0.25, 0.3) is 0 Å². The zero-order valence-electron chi connectivity index (χ0n) is 10.7. The molecule has 0 radical (unpaired) electrons. The highest BCUT2D eigenvalue weighted by Gasteiger charge is 2.30.